The van der Waals surface area contributed by atoms with E-state index >= 15 is 0 Å². The van der Waals surface area contributed by atoms with E-state index in [2.05, 4.69) is 24.8 Å². The first-order valence-corrected chi connectivity index (χ1v) is 3.69. The van der Waals surface area contributed by atoms with Gasteiger partial charge in [0.15, 0.2) is 10.2 Å². The molecule has 0 atom stereocenters. The smallest absolute Gasteiger partial charge is 0.182 e. The highest BCUT2D eigenvalue weighted by molar-refractivity contribution is 7.96. The van der Waals surface area contributed by atoms with Gasteiger partial charge in [-0.05, 0) is 19.1 Å². The van der Waals surface area contributed by atoms with Crippen LogP contribution in [0.5, 0.6) is 0 Å². The van der Waals surface area contributed by atoms with Gasteiger partial charge in [-0.25, -0.2) is 0 Å². The molecular formula is C6H12O2S2. The van der Waals surface area contributed by atoms with Crippen LogP contribution in [0.25, 0.3) is 0 Å². The summed E-state index contributed by atoms with van der Waals surface area (Å²) in [6.07, 6.45) is 0. The molecule has 0 aliphatic rings. The first kappa shape index (κ1) is 12.6. The molecule has 0 aliphatic carbocycles. The highest BCUT2D eigenvalue weighted by atomic mass is 32.1. The minimum absolute atomic E-state index is 0.139. The topological polar surface area (TPSA) is 26.3 Å². The van der Waals surface area contributed by atoms with E-state index in [0.29, 0.717) is 11.7 Å². The summed E-state index contributed by atoms with van der Waals surface area (Å²) in [5.41, 5.74) is 0. The number of rotatable bonds is 1. The molecule has 0 fully saturated rings. The van der Waals surface area contributed by atoms with Crippen LogP contribution in [0.4, 0.5) is 0 Å². The number of carbonyl (C=O) groups excluding carboxylic acids is 1. The van der Waals surface area contributed by atoms with Gasteiger partial charge in [0.1, 0.15) is 0 Å². The van der Waals surface area contributed by atoms with Gasteiger partial charge in [-0.2, -0.15) is 0 Å². The molecule has 0 spiro atoms. The zero-order chi connectivity index (χ0) is 8.57. The first-order valence-electron chi connectivity index (χ1n) is 2.83. The van der Waals surface area contributed by atoms with Crippen molar-refractivity contribution in [3.05, 3.63) is 0 Å². The Morgan fingerprint density at radius 3 is 1.90 bits per heavy atom. The lowest BCUT2D eigenvalue weighted by Gasteiger charge is -1.93. The van der Waals surface area contributed by atoms with Gasteiger partial charge in [-0.3, -0.25) is 4.79 Å². The Morgan fingerprint density at radius 1 is 1.60 bits per heavy atom. The van der Waals surface area contributed by atoms with E-state index in [-0.39, 0.29) is 5.12 Å². The summed E-state index contributed by atoms with van der Waals surface area (Å²) in [6, 6.07) is 0. The molecule has 0 saturated carbocycles. The van der Waals surface area contributed by atoms with Crippen LogP contribution in [0, 0.1) is 0 Å². The molecule has 2 nitrogen and oxygen atoms in total. The maximum atomic E-state index is 9.31. The second kappa shape index (κ2) is 8.91. The van der Waals surface area contributed by atoms with Crippen molar-refractivity contribution >= 4 is 35.0 Å². The van der Waals surface area contributed by atoms with Crippen molar-refractivity contribution in [1.29, 1.82) is 0 Å². The second-order valence-electron chi connectivity index (χ2n) is 1.44. The maximum Gasteiger partial charge on any atom is 0.182 e. The van der Waals surface area contributed by atoms with E-state index in [9.17, 15) is 4.79 Å². The molecular weight excluding hydrogens is 168 g/mol. The predicted molar refractivity (Wildman–Crippen MR) is 49.6 cm³/mol. The van der Waals surface area contributed by atoms with Crippen LogP contribution in [0.1, 0.15) is 20.8 Å². The molecule has 4 heteroatoms. The van der Waals surface area contributed by atoms with Gasteiger partial charge in [-0.15, -0.1) is 12.6 Å². The van der Waals surface area contributed by atoms with Crippen LogP contribution in [-0.4, -0.2) is 16.8 Å². The van der Waals surface area contributed by atoms with Crippen LogP contribution >= 0.6 is 24.8 Å². The maximum absolute atomic E-state index is 9.31. The van der Waals surface area contributed by atoms with Crippen molar-refractivity contribution in [2.24, 2.45) is 0 Å². The fourth-order valence-corrected chi connectivity index (χ4v) is 0.321. The van der Waals surface area contributed by atoms with Crippen LogP contribution in [0.3, 0.4) is 0 Å². The Bertz CT molecular complexity index is 108. The minimum Gasteiger partial charge on any atom is -0.488 e. The largest absolute Gasteiger partial charge is 0.488 e. The van der Waals surface area contributed by atoms with Gasteiger partial charge < -0.3 is 4.74 Å². The number of ether oxygens (including phenoxy) is 1. The summed E-state index contributed by atoms with van der Waals surface area (Å²) in [4.78, 5) is 9.31. The summed E-state index contributed by atoms with van der Waals surface area (Å²) in [6.45, 7) is 5.76. The average Bonchev–Trinajstić information content (AvgIpc) is 1.62. The molecule has 0 aromatic rings. The Balaban J connectivity index is 0. The van der Waals surface area contributed by atoms with Crippen molar-refractivity contribution in [3.63, 3.8) is 0 Å². The quantitative estimate of drug-likeness (QED) is 0.492. The highest BCUT2D eigenvalue weighted by Crippen LogP contribution is 1.75. The molecule has 0 saturated heterocycles. The standard InChI is InChI=1S/C4H8OS.C2H4OS/c1-3-5-4(2)6;1-2(3)4/h3H2,1-2H3;1H3,(H,3,4). The Morgan fingerprint density at radius 2 is 1.90 bits per heavy atom. The molecule has 0 radical (unpaired) electrons. The minimum atomic E-state index is -0.139. The molecule has 0 aromatic carbocycles. The zero-order valence-electron chi connectivity index (χ0n) is 6.38. The summed E-state index contributed by atoms with van der Waals surface area (Å²) >= 11 is 7.90. The lowest BCUT2D eigenvalue weighted by atomic mass is 10.8. The van der Waals surface area contributed by atoms with Gasteiger partial charge in [0.05, 0.1) is 6.61 Å². The molecule has 0 N–H and O–H groups in total. The summed E-state index contributed by atoms with van der Waals surface area (Å²) in [5, 5.41) is 0.484. The normalized spacial score (nSPS) is 7.20. The predicted octanol–water partition coefficient (Wildman–Crippen LogP) is 1.83. The molecule has 0 heterocycles. The number of carbonyl (C=O) groups is 1. The molecule has 10 heavy (non-hydrogen) atoms. The Kier molecular flexibility index (Phi) is 11.2. The monoisotopic (exact) mass is 180 g/mol. The number of hydrogen-bond acceptors (Lipinski definition) is 3. The third-order valence-corrected chi connectivity index (χ3v) is 0.465. The van der Waals surface area contributed by atoms with E-state index < -0.39 is 0 Å². The Labute approximate surface area is 72.4 Å². The summed E-state index contributed by atoms with van der Waals surface area (Å²) < 4.78 is 4.77. The van der Waals surface area contributed by atoms with E-state index in [1.807, 2.05) is 6.92 Å². The molecule has 0 unspecified atom stereocenters. The van der Waals surface area contributed by atoms with Crippen molar-refractivity contribution in [2.75, 3.05) is 6.61 Å². The van der Waals surface area contributed by atoms with Crippen molar-refractivity contribution < 1.29 is 9.53 Å². The zero-order valence-corrected chi connectivity index (χ0v) is 8.09. The van der Waals surface area contributed by atoms with Crippen molar-refractivity contribution in [3.8, 4) is 0 Å². The Hall–Kier alpha value is -0.0900. The molecule has 0 bridgehead atoms. The van der Waals surface area contributed by atoms with Crippen LogP contribution in [0.15, 0.2) is 0 Å². The molecule has 0 aromatic heterocycles. The van der Waals surface area contributed by atoms with E-state index in [1.54, 1.807) is 6.92 Å². The van der Waals surface area contributed by atoms with Gasteiger partial charge in [-0.1, -0.05) is 0 Å². The lowest BCUT2D eigenvalue weighted by Crippen LogP contribution is -1.92. The van der Waals surface area contributed by atoms with E-state index in [4.69, 9.17) is 4.74 Å². The van der Waals surface area contributed by atoms with Crippen LogP contribution < -0.4 is 0 Å². The second-order valence-corrected chi connectivity index (χ2v) is 2.65. The molecule has 60 valence electrons. The SMILES string of the molecule is CC(=O)S.CCOC(C)=S. The van der Waals surface area contributed by atoms with Crippen LogP contribution in [0.2, 0.25) is 0 Å². The summed E-state index contributed by atoms with van der Waals surface area (Å²) in [7, 11) is 0. The molecule has 0 aliphatic heterocycles. The summed E-state index contributed by atoms with van der Waals surface area (Å²) in [5.74, 6) is 0. The lowest BCUT2D eigenvalue weighted by molar-refractivity contribution is -0.108. The van der Waals surface area contributed by atoms with Crippen LogP contribution in [-0.2, 0) is 9.53 Å². The van der Waals surface area contributed by atoms with Gasteiger partial charge in [0.25, 0.3) is 0 Å². The average molecular weight is 180 g/mol. The van der Waals surface area contributed by atoms with E-state index in [1.165, 1.54) is 6.92 Å². The number of hydrogen-bond donors (Lipinski definition) is 1. The third kappa shape index (κ3) is 44.6. The first-order chi connectivity index (χ1) is 4.50. The van der Waals surface area contributed by atoms with Gasteiger partial charge in [0, 0.05) is 13.8 Å². The van der Waals surface area contributed by atoms with Gasteiger partial charge >= 0.3 is 0 Å². The number of thiol groups is 1. The number of thiocarbonyl (C=S) groups is 1. The van der Waals surface area contributed by atoms with E-state index in [0.717, 1.165) is 0 Å². The molecule has 0 rings (SSSR count). The van der Waals surface area contributed by atoms with Crippen molar-refractivity contribution in [2.45, 2.75) is 20.8 Å². The molecule has 0 amide bonds. The van der Waals surface area contributed by atoms with Gasteiger partial charge in [0.2, 0.25) is 0 Å². The highest BCUT2D eigenvalue weighted by Gasteiger charge is 1.76. The third-order valence-electron chi connectivity index (χ3n) is 0.348. The van der Waals surface area contributed by atoms with Crippen molar-refractivity contribution in [1.82, 2.24) is 0 Å². The fraction of sp³-hybridized carbons (Fsp3) is 0.667. The fourth-order valence-electron chi connectivity index (χ4n) is 0.203.